The van der Waals surface area contributed by atoms with Gasteiger partial charge in [-0.2, -0.15) is 0 Å². The predicted molar refractivity (Wildman–Crippen MR) is 143 cm³/mol. The summed E-state index contributed by atoms with van der Waals surface area (Å²) in [5.74, 6) is -0.000764. The summed E-state index contributed by atoms with van der Waals surface area (Å²) in [6.07, 6.45) is -1.60. The van der Waals surface area contributed by atoms with Crippen LogP contribution in [0, 0.1) is 0 Å². The molecule has 0 N–H and O–H groups in total. The smallest absolute Gasteiger partial charge is 0.321 e. The second-order valence-electron chi connectivity index (χ2n) is 9.59. The fourth-order valence-corrected chi connectivity index (χ4v) is 5.17. The number of ether oxygens (including phenoxy) is 4. The molecule has 3 aromatic carbocycles. The van der Waals surface area contributed by atoms with Crippen molar-refractivity contribution < 1.29 is 23.7 Å². The summed E-state index contributed by atoms with van der Waals surface area (Å²) < 4.78 is 26.4. The third kappa shape index (κ3) is 4.32. The standard InChI is InChI=1S/C29H28ClNO6/c1-29(2)28(36-22(32)15-30)27(35-16-17-10-6-5-7-11-17)24-21(37-29)14-20(34-4)23-25(24)31(3)19-13-9-8-12-18(19)26(23)33/h5-14,27-28H,15-16H2,1-4H3/t27-,28+/m0/s1. The van der Waals surface area contributed by atoms with E-state index in [0.717, 1.165) is 11.1 Å². The molecule has 0 bridgehead atoms. The zero-order valence-electron chi connectivity index (χ0n) is 21.1. The second-order valence-corrected chi connectivity index (χ2v) is 9.85. The van der Waals surface area contributed by atoms with Gasteiger partial charge in [0.1, 0.15) is 29.1 Å². The van der Waals surface area contributed by atoms with Crippen molar-refractivity contribution >= 4 is 39.4 Å². The number of carbonyl (C=O) groups is 1. The van der Waals surface area contributed by atoms with E-state index in [1.165, 1.54) is 7.11 Å². The quantitative estimate of drug-likeness (QED) is 0.195. The first-order valence-corrected chi connectivity index (χ1v) is 12.5. The van der Waals surface area contributed by atoms with Gasteiger partial charge in [0, 0.05) is 18.5 Å². The van der Waals surface area contributed by atoms with Gasteiger partial charge in [0.15, 0.2) is 6.10 Å². The number of hydrogen-bond acceptors (Lipinski definition) is 6. The lowest BCUT2D eigenvalue weighted by Gasteiger charge is -2.44. The summed E-state index contributed by atoms with van der Waals surface area (Å²) in [5.41, 5.74) is 1.78. The van der Waals surface area contributed by atoms with E-state index >= 15 is 0 Å². The van der Waals surface area contributed by atoms with Gasteiger partial charge >= 0.3 is 5.97 Å². The Morgan fingerprint density at radius 1 is 1.11 bits per heavy atom. The number of nitrogens with zero attached hydrogens (tertiary/aromatic N) is 1. The molecule has 0 radical (unpaired) electrons. The van der Waals surface area contributed by atoms with Crippen molar-refractivity contribution in [3.05, 3.63) is 82.0 Å². The Hall–Kier alpha value is -3.55. The van der Waals surface area contributed by atoms with Crippen LogP contribution in [0.15, 0.2) is 65.5 Å². The van der Waals surface area contributed by atoms with Crippen molar-refractivity contribution in [2.75, 3.05) is 13.0 Å². The summed E-state index contributed by atoms with van der Waals surface area (Å²) >= 11 is 5.81. The minimum atomic E-state index is -0.968. The van der Waals surface area contributed by atoms with Gasteiger partial charge in [0.25, 0.3) is 0 Å². The Bertz CT molecular complexity index is 1550. The number of benzene rings is 3. The van der Waals surface area contributed by atoms with Crippen molar-refractivity contribution in [3.8, 4) is 11.5 Å². The SMILES string of the molecule is COc1cc2c(c3c1c(=O)c1ccccc1n3C)[C@H](OCc1ccccc1)[C@@H](OC(=O)CCl)C(C)(C)O2. The number of para-hydroxylation sites is 1. The van der Waals surface area contributed by atoms with Crippen molar-refractivity contribution in [1.29, 1.82) is 0 Å². The molecule has 37 heavy (non-hydrogen) atoms. The van der Waals surface area contributed by atoms with E-state index < -0.39 is 23.8 Å². The first-order valence-electron chi connectivity index (χ1n) is 12.0. The Balaban J connectivity index is 1.82. The van der Waals surface area contributed by atoms with E-state index in [-0.39, 0.29) is 17.9 Å². The van der Waals surface area contributed by atoms with E-state index in [4.69, 9.17) is 30.5 Å². The second kappa shape index (κ2) is 9.72. The predicted octanol–water partition coefficient (Wildman–Crippen LogP) is 5.28. The number of hydrogen-bond donors (Lipinski definition) is 0. The van der Waals surface area contributed by atoms with Gasteiger partial charge in [-0.15, -0.1) is 11.6 Å². The molecule has 0 saturated carbocycles. The molecular weight excluding hydrogens is 494 g/mol. The number of halogens is 1. The van der Waals surface area contributed by atoms with Gasteiger partial charge in [0.2, 0.25) is 5.43 Å². The summed E-state index contributed by atoms with van der Waals surface area (Å²) in [7, 11) is 3.41. The number of esters is 1. The molecule has 0 unspecified atom stereocenters. The molecule has 0 saturated heterocycles. The highest BCUT2D eigenvalue weighted by Gasteiger charge is 2.49. The third-order valence-electron chi connectivity index (χ3n) is 6.82. The van der Waals surface area contributed by atoms with E-state index in [1.54, 1.807) is 12.1 Å². The van der Waals surface area contributed by atoms with Gasteiger partial charge in [-0.1, -0.05) is 42.5 Å². The lowest BCUT2D eigenvalue weighted by Crippen LogP contribution is -2.52. The molecule has 7 nitrogen and oxygen atoms in total. The normalized spacial score (nSPS) is 18.3. The summed E-state index contributed by atoms with van der Waals surface area (Å²) in [6.45, 7) is 3.92. The molecule has 0 amide bonds. The summed E-state index contributed by atoms with van der Waals surface area (Å²) in [5, 5.41) is 0.973. The molecule has 1 aliphatic rings. The Morgan fingerprint density at radius 3 is 2.51 bits per heavy atom. The van der Waals surface area contributed by atoms with Crippen molar-refractivity contribution in [2.24, 2.45) is 7.05 Å². The van der Waals surface area contributed by atoms with Crippen molar-refractivity contribution in [2.45, 2.75) is 38.3 Å². The maximum atomic E-state index is 13.7. The van der Waals surface area contributed by atoms with Gasteiger partial charge in [-0.05, 0) is 31.5 Å². The number of pyridine rings is 1. The molecule has 192 valence electrons. The lowest BCUT2D eigenvalue weighted by molar-refractivity contribution is -0.183. The third-order valence-corrected chi connectivity index (χ3v) is 7.03. The molecule has 1 aromatic heterocycles. The van der Waals surface area contributed by atoms with Crippen molar-refractivity contribution in [1.82, 2.24) is 4.57 Å². The number of methoxy groups -OCH3 is 1. The minimum absolute atomic E-state index is 0.163. The number of alkyl halides is 1. The molecule has 0 aliphatic carbocycles. The number of aromatic nitrogens is 1. The molecule has 0 fully saturated rings. The van der Waals surface area contributed by atoms with E-state index in [0.29, 0.717) is 33.4 Å². The van der Waals surface area contributed by atoms with Gasteiger partial charge in [-0.3, -0.25) is 9.59 Å². The van der Waals surface area contributed by atoms with E-state index in [9.17, 15) is 9.59 Å². The molecule has 5 rings (SSSR count). The van der Waals surface area contributed by atoms with Crippen LogP contribution in [0.1, 0.15) is 31.1 Å². The maximum Gasteiger partial charge on any atom is 0.321 e. The lowest BCUT2D eigenvalue weighted by atomic mass is 9.86. The van der Waals surface area contributed by atoms with Crippen LogP contribution in [0.4, 0.5) is 0 Å². The average molecular weight is 522 g/mol. The number of aryl methyl sites for hydroxylation is 1. The fourth-order valence-electron chi connectivity index (χ4n) is 5.10. The number of carbonyl (C=O) groups excluding carboxylic acids is 1. The molecule has 2 heterocycles. The Morgan fingerprint density at radius 2 is 1.81 bits per heavy atom. The molecule has 4 aromatic rings. The monoisotopic (exact) mass is 521 g/mol. The van der Waals surface area contributed by atoms with Crippen LogP contribution in [0.5, 0.6) is 11.5 Å². The molecule has 1 aliphatic heterocycles. The Labute approximate surface area is 219 Å². The van der Waals surface area contributed by atoms with Crippen LogP contribution >= 0.6 is 11.6 Å². The van der Waals surface area contributed by atoms with E-state index in [1.807, 2.05) is 74.0 Å². The molecule has 2 atom stereocenters. The molecule has 0 spiro atoms. The van der Waals surface area contributed by atoms with Gasteiger partial charge in [0.05, 0.1) is 35.7 Å². The largest absolute Gasteiger partial charge is 0.496 e. The van der Waals surface area contributed by atoms with Crippen LogP contribution in [-0.2, 0) is 27.9 Å². The topological polar surface area (TPSA) is 76.0 Å². The van der Waals surface area contributed by atoms with Gasteiger partial charge in [-0.25, -0.2) is 0 Å². The highest BCUT2D eigenvalue weighted by atomic mass is 35.5. The highest BCUT2D eigenvalue weighted by molar-refractivity contribution is 6.26. The van der Waals surface area contributed by atoms with Crippen molar-refractivity contribution in [3.63, 3.8) is 0 Å². The van der Waals surface area contributed by atoms with Crippen LogP contribution in [0.25, 0.3) is 21.8 Å². The van der Waals surface area contributed by atoms with Crippen LogP contribution in [-0.4, -0.2) is 35.2 Å². The zero-order chi connectivity index (χ0) is 26.3. The summed E-state index contributed by atoms with van der Waals surface area (Å²) in [4.78, 5) is 26.2. The average Bonchev–Trinajstić information content (AvgIpc) is 2.90. The fraction of sp³-hybridized carbons (Fsp3) is 0.310. The van der Waals surface area contributed by atoms with E-state index in [2.05, 4.69) is 0 Å². The first kappa shape index (κ1) is 25.1. The van der Waals surface area contributed by atoms with Crippen LogP contribution in [0.3, 0.4) is 0 Å². The molecule has 8 heteroatoms. The number of fused-ring (bicyclic) bond motifs is 4. The first-order chi connectivity index (χ1) is 17.8. The maximum absolute atomic E-state index is 13.7. The zero-order valence-corrected chi connectivity index (χ0v) is 21.9. The Kier molecular flexibility index (Phi) is 6.60. The summed E-state index contributed by atoms with van der Waals surface area (Å²) in [6, 6.07) is 18.8. The van der Waals surface area contributed by atoms with Gasteiger partial charge < -0.3 is 23.5 Å². The minimum Gasteiger partial charge on any atom is -0.496 e. The van der Waals surface area contributed by atoms with Crippen LogP contribution < -0.4 is 14.9 Å². The molecular formula is C29H28ClNO6. The highest BCUT2D eigenvalue weighted by Crippen LogP contribution is 2.49. The van der Waals surface area contributed by atoms with Crippen LogP contribution in [0.2, 0.25) is 0 Å². The number of rotatable bonds is 6.